The van der Waals surface area contributed by atoms with E-state index in [-0.39, 0.29) is 16.7 Å². The van der Waals surface area contributed by atoms with Crippen LogP contribution in [0.5, 0.6) is 0 Å². The molecule has 1 saturated heterocycles. The quantitative estimate of drug-likeness (QED) is 0.449. The Kier molecular flexibility index (Phi) is 1.50. The summed E-state index contributed by atoms with van der Waals surface area (Å²) in [7, 11) is 1.72. The normalized spacial score (nSPS) is 52.0. The second-order valence-corrected chi connectivity index (χ2v) is 3.25. The Morgan fingerprint density at radius 3 is 2.11 bits per heavy atom. The molecule has 1 unspecified atom stereocenters. The van der Waals surface area contributed by atoms with Crippen molar-refractivity contribution in [2.24, 2.45) is 5.92 Å². The van der Waals surface area contributed by atoms with Gasteiger partial charge in [-0.15, -0.1) is 0 Å². The highest BCUT2D eigenvalue weighted by molar-refractivity contribution is 4.68. The minimum absolute atomic E-state index is 0.0255. The maximum Gasteiger partial charge on any atom is 0.135 e. The van der Waals surface area contributed by atoms with Crippen LogP contribution in [-0.2, 0) is 0 Å². The minimum Gasteiger partial charge on any atom is -0.387 e. The van der Waals surface area contributed by atoms with Gasteiger partial charge in [0.05, 0.1) is 7.05 Å². The van der Waals surface area contributed by atoms with Crippen molar-refractivity contribution in [3.63, 3.8) is 0 Å². The van der Waals surface area contributed by atoms with Crippen molar-refractivity contribution >= 4 is 0 Å². The van der Waals surface area contributed by atoms with Crippen LogP contribution in [0.3, 0.4) is 0 Å². The molecule has 3 heteroatoms. The molecule has 54 valence electrons. The summed E-state index contributed by atoms with van der Waals surface area (Å²) in [5, 5.41) is 18.5. The van der Waals surface area contributed by atoms with Gasteiger partial charge in [0.1, 0.15) is 19.2 Å². The van der Waals surface area contributed by atoms with Crippen molar-refractivity contribution in [2.75, 3.05) is 20.1 Å². The fourth-order valence-corrected chi connectivity index (χ4v) is 1.40. The summed E-state index contributed by atoms with van der Waals surface area (Å²) in [6.07, 6.45) is -0.319. The van der Waals surface area contributed by atoms with Gasteiger partial charge in [0, 0.05) is 5.92 Å². The molecule has 0 radical (unpaired) electrons. The summed E-state index contributed by atoms with van der Waals surface area (Å²) in [4.78, 5) is 0. The molecule has 1 fully saturated rings. The van der Waals surface area contributed by atoms with E-state index in [9.17, 15) is 5.21 Å². The molecule has 1 aliphatic rings. The van der Waals surface area contributed by atoms with E-state index in [0.29, 0.717) is 13.1 Å². The van der Waals surface area contributed by atoms with Gasteiger partial charge in [0.25, 0.3) is 0 Å². The van der Waals surface area contributed by atoms with Gasteiger partial charge in [-0.05, 0) is 0 Å². The van der Waals surface area contributed by atoms with E-state index in [1.807, 2.05) is 6.92 Å². The Bertz CT molecular complexity index is 102. The molecular weight excluding hydrogens is 118 g/mol. The zero-order valence-electron chi connectivity index (χ0n) is 5.91. The van der Waals surface area contributed by atoms with Crippen LogP contribution in [0.15, 0.2) is 0 Å². The molecule has 0 aliphatic carbocycles. The number of likely N-dealkylation sites (N-methyl/N-ethyl adjacent to an activating group) is 1. The van der Waals surface area contributed by atoms with Crippen LogP contribution < -0.4 is 0 Å². The second kappa shape index (κ2) is 1.94. The second-order valence-electron chi connectivity index (χ2n) is 3.25. The van der Waals surface area contributed by atoms with Crippen molar-refractivity contribution in [1.29, 1.82) is 0 Å². The lowest BCUT2D eigenvalue weighted by molar-refractivity contribution is -1.08. The largest absolute Gasteiger partial charge is 0.387 e. The molecule has 1 aliphatic heterocycles. The number of nitrogens with zero attached hydrogens (tertiary/aromatic N) is 1. The number of hydroxylamine groups is 3. The number of rotatable bonds is 0. The number of aliphatic hydroxyl groups is 1. The summed E-state index contributed by atoms with van der Waals surface area (Å²) < 4.78 is -0.0255. The van der Waals surface area contributed by atoms with Gasteiger partial charge in [-0.1, -0.05) is 6.92 Å². The fourth-order valence-electron chi connectivity index (χ4n) is 1.40. The van der Waals surface area contributed by atoms with Crippen molar-refractivity contribution in [2.45, 2.75) is 13.0 Å². The topological polar surface area (TPSA) is 40.5 Å². The summed E-state index contributed by atoms with van der Waals surface area (Å²) >= 11 is 0. The minimum atomic E-state index is -0.319. The predicted molar refractivity (Wildman–Crippen MR) is 32.9 cm³/mol. The molecule has 9 heavy (non-hydrogen) atoms. The van der Waals surface area contributed by atoms with Crippen LogP contribution in [0.25, 0.3) is 0 Å². The molecule has 3 atom stereocenters. The van der Waals surface area contributed by atoms with Gasteiger partial charge in [-0.2, -0.15) is 4.65 Å². The number of hydrogen-bond donors (Lipinski definition) is 2. The van der Waals surface area contributed by atoms with Crippen molar-refractivity contribution in [1.82, 2.24) is 0 Å². The Morgan fingerprint density at radius 2 is 2.00 bits per heavy atom. The van der Waals surface area contributed by atoms with Gasteiger partial charge in [-0.25, -0.2) is 5.21 Å². The molecule has 1 heterocycles. The SMILES string of the molecule is C[C@@H]1C[N+](C)(O)C[C@H]1O. The highest BCUT2D eigenvalue weighted by atomic mass is 16.5. The molecule has 2 N–H and O–H groups in total. The first kappa shape index (κ1) is 6.99. The van der Waals surface area contributed by atoms with E-state index in [1.165, 1.54) is 0 Å². The Balaban J connectivity index is 2.54. The van der Waals surface area contributed by atoms with Crippen LogP contribution in [0.4, 0.5) is 0 Å². The maximum atomic E-state index is 9.31. The van der Waals surface area contributed by atoms with E-state index in [1.54, 1.807) is 7.05 Å². The summed E-state index contributed by atoms with van der Waals surface area (Å²) in [6.45, 7) is 3.09. The third-order valence-electron chi connectivity index (χ3n) is 1.92. The predicted octanol–water partition coefficient (Wildman–Crippen LogP) is -0.167. The zero-order chi connectivity index (χ0) is 7.07. The van der Waals surface area contributed by atoms with Gasteiger partial charge < -0.3 is 5.11 Å². The van der Waals surface area contributed by atoms with E-state index >= 15 is 0 Å². The van der Waals surface area contributed by atoms with Crippen LogP contribution in [0, 0.1) is 5.92 Å². The van der Waals surface area contributed by atoms with E-state index in [0.717, 1.165) is 0 Å². The van der Waals surface area contributed by atoms with Gasteiger partial charge in [0.2, 0.25) is 0 Å². The van der Waals surface area contributed by atoms with E-state index < -0.39 is 0 Å². The Morgan fingerprint density at radius 1 is 1.44 bits per heavy atom. The van der Waals surface area contributed by atoms with E-state index in [4.69, 9.17) is 5.11 Å². The third-order valence-corrected chi connectivity index (χ3v) is 1.92. The summed E-state index contributed by atoms with van der Waals surface area (Å²) in [5.41, 5.74) is 0. The number of aliphatic hydroxyl groups excluding tert-OH is 1. The third kappa shape index (κ3) is 1.41. The maximum absolute atomic E-state index is 9.31. The lowest BCUT2D eigenvalue weighted by atomic mass is 10.1. The molecule has 3 nitrogen and oxygen atoms in total. The molecule has 0 aromatic heterocycles. The number of likely N-dealkylation sites (tertiary alicyclic amines) is 1. The van der Waals surface area contributed by atoms with Gasteiger partial charge in [-0.3, -0.25) is 0 Å². The lowest BCUT2D eigenvalue weighted by Gasteiger charge is -2.17. The highest BCUT2D eigenvalue weighted by Gasteiger charge is 2.38. The fraction of sp³-hybridized carbons (Fsp3) is 1.00. The first-order chi connectivity index (χ1) is 4.01. The molecular formula is C6H14NO2+. The average Bonchev–Trinajstić information content (AvgIpc) is 1.79. The lowest BCUT2D eigenvalue weighted by Crippen LogP contribution is -2.38. The Labute approximate surface area is 55.1 Å². The monoisotopic (exact) mass is 132 g/mol. The average molecular weight is 132 g/mol. The van der Waals surface area contributed by atoms with Crippen molar-refractivity contribution in [3.05, 3.63) is 0 Å². The molecule has 0 spiro atoms. The molecule has 0 aromatic rings. The standard InChI is InChI=1S/C6H14NO2/c1-5-3-7(2,9)4-6(5)8/h5-6,8-9H,3-4H2,1-2H3/q+1/t5-,6-,7?/m1/s1. The van der Waals surface area contributed by atoms with Crippen molar-refractivity contribution in [3.8, 4) is 0 Å². The summed E-state index contributed by atoms with van der Waals surface area (Å²) in [6, 6.07) is 0. The van der Waals surface area contributed by atoms with Gasteiger partial charge >= 0.3 is 0 Å². The molecule has 1 rings (SSSR count). The van der Waals surface area contributed by atoms with Crippen LogP contribution in [-0.4, -0.2) is 41.2 Å². The zero-order valence-corrected chi connectivity index (χ0v) is 5.91. The first-order valence-electron chi connectivity index (χ1n) is 3.27. The molecule has 0 bridgehead atoms. The van der Waals surface area contributed by atoms with Crippen LogP contribution in [0.2, 0.25) is 0 Å². The van der Waals surface area contributed by atoms with Crippen LogP contribution in [0.1, 0.15) is 6.92 Å². The van der Waals surface area contributed by atoms with E-state index in [2.05, 4.69) is 0 Å². The smallest absolute Gasteiger partial charge is 0.135 e. The number of hydrogen-bond acceptors (Lipinski definition) is 2. The summed E-state index contributed by atoms with van der Waals surface area (Å²) in [5.74, 6) is 0.236. The van der Waals surface area contributed by atoms with Gasteiger partial charge in [0.15, 0.2) is 0 Å². The Hall–Kier alpha value is -0.120. The van der Waals surface area contributed by atoms with Crippen LogP contribution >= 0.6 is 0 Å². The molecule has 0 saturated carbocycles. The first-order valence-corrected chi connectivity index (χ1v) is 3.27. The molecule has 0 aromatic carbocycles. The molecule has 0 amide bonds. The highest BCUT2D eigenvalue weighted by Crippen LogP contribution is 2.19. The number of quaternary nitrogens is 1. The van der Waals surface area contributed by atoms with Crippen molar-refractivity contribution < 1.29 is 15.0 Å².